The molecule has 6 heteroatoms. The lowest BCUT2D eigenvalue weighted by atomic mass is 10.2. The molecule has 1 aromatic carbocycles. The Morgan fingerprint density at radius 3 is 2.78 bits per heavy atom. The molecule has 0 N–H and O–H groups in total. The van der Waals surface area contributed by atoms with E-state index >= 15 is 0 Å². The summed E-state index contributed by atoms with van der Waals surface area (Å²) in [4.78, 5) is 29.1. The summed E-state index contributed by atoms with van der Waals surface area (Å²) < 4.78 is 5.04. The molecule has 23 heavy (non-hydrogen) atoms. The van der Waals surface area contributed by atoms with Gasteiger partial charge in [0.1, 0.15) is 11.1 Å². The van der Waals surface area contributed by atoms with E-state index in [2.05, 4.69) is 4.98 Å². The topological polar surface area (TPSA) is 59.5 Å². The van der Waals surface area contributed by atoms with Crippen molar-refractivity contribution < 1.29 is 14.3 Å². The van der Waals surface area contributed by atoms with Crippen LogP contribution >= 0.6 is 11.8 Å². The second-order valence-corrected chi connectivity index (χ2v) is 6.28. The Morgan fingerprint density at radius 2 is 2.13 bits per heavy atom. The summed E-state index contributed by atoms with van der Waals surface area (Å²) in [5, 5.41) is -0.0333. The van der Waals surface area contributed by atoms with E-state index in [-0.39, 0.29) is 17.3 Å². The Bertz CT molecular complexity index is 704. The fraction of sp³-hybridized carbons (Fsp3) is 0.235. The minimum atomic E-state index is -0.346. The zero-order valence-electron chi connectivity index (χ0n) is 12.6. The smallest absolute Gasteiger partial charge is 0.308 e. The van der Waals surface area contributed by atoms with Crippen molar-refractivity contribution in [3.8, 4) is 5.75 Å². The van der Waals surface area contributed by atoms with Crippen molar-refractivity contribution in [2.24, 2.45) is 0 Å². The molecule has 1 unspecified atom stereocenters. The van der Waals surface area contributed by atoms with Gasteiger partial charge in [-0.05, 0) is 29.3 Å². The van der Waals surface area contributed by atoms with Gasteiger partial charge < -0.3 is 9.64 Å². The minimum absolute atomic E-state index is 0.0333. The molecule has 1 atom stereocenters. The van der Waals surface area contributed by atoms with Crippen LogP contribution in [-0.4, -0.2) is 27.5 Å². The first kappa shape index (κ1) is 15.6. The molecule has 1 fully saturated rings. The number of pyridine rings is 1. The number of aromatic nitrogens is 1. The normalized spacial score (nSPS) is 17.3. The van der Waals surface area contributed by atoms with E-state index in [1.54, 1.807) is 36.3 Å². The monoisotopic (exact) mass is 328 g/mol. The third-order valence-electron chi connectivity index (χ3n) is 3.47. The van der Waals surface area contributed by atoms with Crippen LogP contribution in [0.15, 0.2) is 48.8 Å². The third kappa shape index (κ3) is 3.71. The van der Waals surface area contributed by atoms with Crippen molar-refractivity contribution in [3.05, 3.63) is 59.9 Å². The Hall–Kier alpha value is -2.34. The molecule has 2 heterocycles. The summed E-state index contributed by atoms with van der Waals surface area (Å²) in [5.41, 5.74) is 2.02. The zero-order chi connectivity index (χ0) is 16.2. The first-order chi connectivity index (χ1) is 11.1. The molecule has 0 aliphatic carbocycles. The zero-order valence-corrected chi connectivity index (χ0v) is 13.5. The van der Waals surface area contributed by atoms with Gasteiger partial charge >= 0.3 is 5.97 Å². The van der Waals surface area contributed by atoms with Crippen LogP contribution in [0, 0.1) is 0 Å². The predicted octanol–water partition coefficient (Wildman–Crippen LogP) is 2.78. The Balaban J connectivity index is 1.77. The summed E-state index contributed by atoms with van der Waals surface area (Å²) in [5.74, 6) is 0.750. The van der Waals surface area contributed by atoms with Gasteiger partial charge in [-0.1, -0.05) is 18.2 Å². The molecule has 0 bridgehead atoms. The SMILES string of the molecule is CC(=O)Oc1ccc(C2SCC(=O)N2Cc2cccnc2)cc1. The van der Waals surface area contributed by atoms with Crippen LogP contribution in [0.25, 0.3) is 0 Å². The molecule has 2 aromatic rings. The first-order valence-electron chi connectivity index (χ1n) is 7.22. The highest BCUT2D eigenvalue weighted by molar-refractivity contribution is 8.00. The molecule has 5 nitrogen and oxygen atoms in total. The van der Waals surface area contributed by atoms with Crippen LogP contribution in [0.2, 0.25) is 0 Å². The summed E-state index contributed by atoms with van der Waals surface area (Å²) in [7, 11) is 0. The van der Waals surface area contributed by atoms with E-state index in [4.69, 9.17) is 4.74 Å². The highest BCUT2D eigenvalue weighted by Crippen LogP contribution is 2.39. The fourth-order valence-corrected chi connectivity index (χ4v) is 3.64. The molecule has 1 aromatic heterocycles. The number of rotatable bonds is 4. The van der Waals surface area contributed by atoms with Crippen LogP contribution in [0.1, 0.15) is 23.4 Å². The van der Waals surface area contributed by atoms with Gasteiger partial charge in [-0.2, -0.15) is 0 Å². The average molecular weight is 328 g/mol. The van der Waals surface area contributed by atoms with Gasteiger partial charge in [-0.15, -0.1) is 11.8 Å². The number of thioether (sulfide) groups is 1. The first-order valence-corrected chi connectivity index (χ1v) is 8.27. The van der Waals surface area contributed by atoms with Crippen LogP contribution in [-0.2, 0) is 16.1 Å². The molecule has 0 spiro atoms. The van der Waals surface area contributed by atoms with Crippen molar-refractivity contribution in [1.29, 1.82) is 0 Å². The van der Waals surface area contributed by atoms with Gasteiger partial charge in [0, 0.05) is 25.9 Å². The lowest BCUT2D eigenvalue weighted by Gasteiger charge is -2.24. The molecular formula is C17H16N2O3S. The molecule has 1 amide bonds. The van der Waals surface area contributed by atoms with Crippen LogP contribution in [0.4, 0.5) is 0 Å². The van der Waals surface area contributed by atoms with E-state index < -0.39 is 0 Å². The van der Waals surface area contributed by atoms with Gasteiger partial charge in [0.2, 0.25) is 5.91 Å². The minimum Gasteiger partial charge on any atom is -0.427 e. The molecule has 0 saturated carbocycles. The van der Waals surface area contributed by atoms with Crippen molar-refractivity contribution in [1.82, 2.24) is 9.88 Å². The van der Waals surface area contributed by atoms with Crippen LogP contribution < -0.4 is 4.74 Å². The van der Waals surface area contributed by atoms with Crippen LogP contribution in [0.5, 0.6) is 5.75 Å². The highest BCUT2D eigenvalue weighted by atomic mass is 32.2. The molecule has 1 aliphatic rings. The summed E-state index contributed by atoms with van der Waals surface area (Å²) in [6, 6.07) is 11.1. The number of carbonyl (C=O) groups excluding carboxylic acids is 2. The maximum atomic E-state index is 12.2. The average Bonchev–Trinajstić information content (AvgIpc) is 2.90. The maximum absolute atomic E-state index is 12.2. The molecule has 3 rings (SSSR count). The van der Waals surface area contributed by atoms with Gasteiger partial charge in [0.15, 0.2) is 0 Å². The maximum Gasteiger partial charge on any atom is 0.308 e. The number of hydrogen-bond donors (Lipinski definition) is 0. The number of benzene rings is 1. The van der Waals surface area contributed by atoms with Gasteiger partial charge in [-0.25, -0.2) is 0 Å². The van der Waals surface area contributed by atoms with Crippen molar-refractivity contribution in [3.63, 3.8) is 0 Å². The van der Waals surface area contributed by atoms with Gasteiger partial charge in [0.05, 0.1) is 5.75 Å². The van der Waals surface area contributed by atoms with Gasteiger partial charge in [0.25, 0.3) is 0 Å². The van der Waals surface area contributed by atoms with E-state index in [0.717, 1.165) is 11.1 Å². The quantitative estimate of drug-likeness (QED) is 0.638. The summed E-state index contributed by atoms with van der Waals surface area (Å²) >= 11 is 1.60. The largest absolute Gasteiger partial charge is 0.427 e. The van der Waals surface area contributed by atoms with Crippen molar-refractivity contribution >= 4 is 23.6 Å². The molecular weight excluding hydrogens is 312 g/mol. The Kier molecular flexibility index (Phi) is 4.62. The Labute approximate surface area is 138 Å². The lowest BCUT2D eigenvalue weighted by molar-refractivity contribution is -0.132. The van der Waals surface area contributed by atoms with Crippen molar-refractivity contribution in [2.45, 2.75) is 18.8 Å². The summed E-state index contributed by atoms with van der Waals surface area (Å²) in [6.07, 6.45) is 3.49. The number of carbonyl (C=O) groups is 2. The van der Waals surface area contributed by atoms with E-state index in [1.165, 1.54) is 6.92 Å². The highest BCUT2D eigenvalue weighted by Gasteiger charge is 2.32. The second-order valence-electron chi connectivity index (χ2n) is 5.21. The Morgan fingerprint density at radius 1 is 1.35 bits per heavy atom. The van der Waals surface area contributed by atoms with Crippen LogP contribution in [0.3, 0.4) is 0 Å². The second kappa shape index (κ2) is 6.83. The fourth-order valence-electron chi connectivity index (χ4n) is 2.46. The molecule has 118 valence electrons. The van der Waals surface area contributed by atoms with E-state index in [1.807, 2.05) is 29.2 Å². The lowest BCUT2D eigenvalue weighted by Crippen LogP contribution is -2.27. The number of amides is 1. The standard InChI is InChI=1S/C17H16N2O3S/c1-12(20)22-15-6-4-14(5-7-15)17-19(16(21)11-23-17)10-13-3-2-8-18-9-13/h2-9,17H,10-11H2,1H3. The molecule has 1 aliphatic heterocycles. The number of ether oxygens (including phenoxy) is 1. The predicted molar refractivity (Wildman–Crippen MR) is 87.7 cm³/mol. The third-order valence-corrected chi connectivity index (χ3v) is 4.73. The van der Waals surface area contributed by atoms with Gasteiger partial charge in [-0.3, -0.25) is 14.6 Å². The van der Waals surface area contributed by atoms with Crippen molar-refractivity contribution in [2.75, 3.05) is 5.75 Å². The van der Waals surface area contributed by atoms with E-state index in [0.29, 0.717) is 18.0 Å². The molecule has 0 radical (unpaired) electrons. The molecule has 1 saturated heterocycles. The number of hydrogen-bond acceptors (Lipinski definition) is 5. The summed E-state index contributed by atoms with van der Waals surface area (Å²) in [6.45, 7) is 1.91. The number of nitrogens with zero attached hydrogens (tertiary/aromatic N) is 2. The van der Waals surface area contributed by atoms with E-state index in [9.17, 15) is 9.59 Å². The number of esters is 1.